The van der Waals surface area contributed by atoms with Crippen LogP contribution in [0.3, 0.4) is 0 Å². The van der Waals surface area contributed by atoms with Gasteiger partial charge in [0.25, 0.3) is 5.97 Å². The summed E-state index contributed by atoms with van der Waals surface area (Å²) in [7, 11) is 0. The summed E-state index contributed by atoms with van der Waals surface area (Å²) in [5.74, 6) is -8.23. The molecule has 1 aromatic heterocycles. The van der Waals surface area contributed by atoms with Crippen LogP contribution in [0.1, 0.15) is 66.1 Å². The number of hydrogen-bond donors (Lipinski definition) is 7. The molecule has 46 heavy (non-hydrogen) atoms. The van der Waals surface area contributed by atoms with Crippen molar-refractivity contribution in [2.75, 3.05) is 0 Å². The summed E-state index contributed by atoms with van der Waals surface area (Å²) in [5.41, 5.74) is -14.4. The van der Waals surface area contributed by atoms with Crippen molar-refractivity contribution in [3.05, 3.63) is 35.5 Å². The highest BCUT2D eigenvalue weighted by molar-refractivity contribution is 5.92. The van der Waals surface area contributed by atoms with Crippen molar-refractivity contribution in [2.24, 2.45) is 34.0 Å². The number of fused-ring (bicyclic) bond motifs is 3. The van der Waals surface area contributed by atoms with E-state index < -0.39 is 117 Å². The molecule has 14 nitrogen and oxygen atoms in total. The van der Waals surface area contributed by atoms with Crippen LogP contribution in [0.15, 0.2) is 34.3 Å². The molecule has 1 aromatic rings. The summed E-state index contributed by atoms with van der Waals surface area (Å²) < 4.78 is 31.2. The molecule has 8 rings (SSSR count). The number of aliphatic hydroxyl groups excluding tert-OH is 5. The number of aliphatic hydroxyl groups is 6. The number of carboxylic acids is 1. The Kier molecular flexibility index (Phi) is 5.46. The number of cyclic esters (lactones) is 1. The molecular formula is C32H40O14. The van der Waals surface area contributed by atoms with Crippen LogP contribution in [0.2, 0.25) is 0 Å². The fourth-order valence-corrected chi connectivity index (χ4v) is 12.2. The highest BCUT2D eigenvalue weighted by atomic mass is 16.9. The lowest BCUT2D eigenvalue weighted by atomic mass is 9.32. The maximum absolute atomic E-state index is 14.2. The molecule has 0 radical (unpaired) electrons. The Morgan fingerprint density at radius 2 is 1.67 bits per heavy atom. The first kappa shape index (κ1) is 30.8. The predicted octanol–water partition coefficient (Wildman–Crippen LogP) is 0.658. The van der Waals surface area contributed by atoms with Crippen molar-refractivity contribution in [1.29, 1.82) is 0 Å². The number of hydrogen-bond acceptors (Lipinski definition) is 13. The largest absolute Gasteiger partial charge is 0.511 e. The number of carbonyl (C=O) groups is 2. The van der Waals surface area contributed by atoms with Crippen LogP contribution in [0, 0.1) is 34.0 Å². The third kappa shape index (κ3) is 2.57. The van der Waals surface area contributed by atoms with Crippen LogP contribution in [-0.4, -0.2) is 100 Å². The number of carboxylic acid groups (broad SMARTS) is 1. The average Bonchev–Trinajstić information content (AvgIpc) is 3.67. The molecule has 15 atom stereocenters. The number of ether oxygens (including phenoxy) is 4. The van der Waals surface area contributed by atoms with Gasteiger partial charge in [0.1, 0.15) is 46.5 Å². The second-order valence-electron chi connectivity index (χ2n) is 15.7. The molecule has 0 aromatic carbocycles. The molecule has 7 fully saturated rings. The number of rotatable bonds is 4. The summed E-state index contributed by atoms with van der Waals surface area (Å²) in [6.45, 7) is 9.27. The van der Waals surface area contributed by atoms with Gasteiger partial charge in [-0.25, -0.2) is 4.79 Å². The van der Waals surface area contributed by atoms with Crippen LogP contribution in [0.5, 0.6) is 0 Å². The molecular weight excluding hydrogens is 608 g/mol. The molecule has 4 bridgehead atoms. The monoisotopic (exact) mass is 648 g/mol. The smallest absolute Gasteiger partial charge is 0.338 e. The minimum atomic E-state index is -2.56. The van der Waals surface area contributed by atoms with Crippen molar-refractivity contribution < 1.29 is 68.7 Å². The quantitative estimate of drug-likeness (QED) is 0.135. The van der Waals surface area contributed by atoms with Crippen molar-refractivity contribution >= 4 is 11.9 Å². The Morgan fingerprint density at radius 3 is 2.26 bits per heavy atom. The zero-order valence-corrected chi connectivity index (χ0v) is 26.3. The summed E-state index contributed by atoms with van der Waals surface area (Å²) in [6.07, 6.45) is -7.21. The molecule has 4 aliphatic carbocycles. The van der Waals surface area contributed by atoms with E-state index >= 15 is 0 Å². The minimum absolute atomic E-state index is 0.145. The Morgan fingerprint density at radius 1 is 1.00 bits per heavy atom. The highest BCUT2D eigenvalue weighted by Gasteiger charge is 3.04. The van der Waals surface area contributed by atoms with Crippen LogP contribution in [0.25, 0.3) is 0 Å². The van der Waals surface area contributed by atoms with E-state index in [1.807, 2.05) is 0 Å². The SMILES string of the molecule is CC(C)C(O)=C1C(=O)OC(c2ccoc2)[C@@]2(C)C(O)C(O)[C@@]34OC5(C)OC67CC(C)(C(O)[C@@]6(O)C(O)[C@@]3(O5)C12)C(CC(=O)O)[C@@]74C. The van der Waals surface area contributed by atoms with E-state index in [9.17, 15) is 45.3 Å². The van der Waals surface area contributed by atoms with E-state index in [1.165, 1.54) is 32.4 Å². The Labute approximate surface area is 263 Å². The number of esters is 1. The summed E-state index contributed by atoms with van der Waals surface area (Å²) in [6, 6.07) is 1.51. The van der Waals surface area contributed by atoms with Gasteiger partial charge in [-0.05, 0) is 18.4 Å². The molecule has 3 saturated heterocycles. The van der Waals surface area contributed by atoms with Gasteiger partial charge < -0.3 is 59.1 Å². The van der Waals surface area contributed by atoms with Gasteiger partial charge in [0.15, 0.2) is 0 Å². The van der Waals surface area contributed by atoms with E-state index in [1.54, 1.807) is 27.7 Å². The summed E-state index contributed by atoms with van der Waals surface area (Å²) in [5, 5.41) is 84.7. The van der Waals surface area contributed by atoms with Crippen LogP contribution in [-0.2, 0) is 28.5 Å². The number of aliphatic carboxylic acids is 1. The zero-order chi connectivity index (χ0) is 33.6. The standard InChI is InChI=1S/C32H40O14/c1-12(2)17(35)16-18-26(4,21(43-22(16)38)13-7-8-42-10-13)19(36)20(37)32-27(5)14(9-15(33)34)25(3)11-29(27)30(41,23(25)39)24(40)31(18,32)45-28(6,44-29)46-32/h7-8,10,12,14,18-21,23-24,35-37,39-41H,9,11H2,1-6H3,(H,33,34)/t14?,18?,19?,20?,21?,23?,24?,25?,26-,27+,28?,29?,30-,31+,32+/m1/s1. The van der Waals surface area contributed by atoms with E-state index in [2.05, 4.69) is 0 Å². The van der Waals surface area contributed by atoms with Crippen molar-refractivity contribution in [1.82, 2.24) is 0 Å². The van der Waals surface area contributed by atoms with Crippen molar-refractivity contribution in [2.45, 2.75) is 113 Å². The number of furan rings is 1. The molecule has 10 unspecified atom stereocenters. The van der Waals surface area contributed by atoms with Gasteiger partial charge in [-0.15, -0.1) is 0 Å². The normalized spacial score (nSPS) is 58.6. The zero-order valence-electron chi connectivity index (χ0n) is 26.3. The first-order chi connectivity index (χ1) is 21.2. The first-order valence-corrected chi connectivity index (χ1v) is 15.7. The van der Waals surface area contributed by atoms with Gasteiger partial charge >= 0.3 is 11.9 Å². The van der Waals surface area contributed by atoms with Gasteiger partial charge in [0.2, 0.25) is 0 Å². The summed E-state index contributed by atoms with van der Waals surface area (Å²) >= 11 is 0. The average molecular weight is 649 g/mol. The molecule has 252 valence electrons. The lowest BCUT2D eigenvalue weighted by Gasteiger charge is -2.78. The topological polar surface area (TPSA) is 226 Å². The molecule has 0 amide bonds. The van der Waals surface area contributed by atoms with Gasteiger partial charge in [-0.2, -0.15) is 0 Å². The maximum Gasteiger partial charge on any atom is 0.338 e. The molecule has 7 aliphatic rings. The number of carbonyl (C=O) groups excluding carboxylic acids is 1. The van der Waals surface area contributed by atoms with E-state index in [4.69, 9.17) is 23.4 Å². The second-order valence-corrected chi connectivity index (χ2v) is 15.7. The lowest BCUT2D eigenvalue weighted by Crippen LogP contribution is -2.97. The fourth-order valence-electron chi connectivity index (χ4n) is 12.2. The van der Waals surface area contributed by atoms with Crippen LogP contribution < -0.4 is 0 Å². The van der Waals surface area contributed by atoms with Gasteiger partial charge in [0.05, 0.1) is 30.3 Å². The van der Waals surface area contributed by atoms with Crippen LogP contribution in [0.4, 0.5) is 0 Å². The fraction of sp³-hybridized carbons (Fsp3) is 0.750. The Hall–Kier alpha value is -2.56. The minimum Gasteiger partial charge on any atom is -0.511 e. The van der Waals surface area contributed by atoms with Gasteiger partial charge in [0, 0.05) is 47.0 Å². The Balaban J connectivity index is 1.54. The Bertz CT molecular complexity index is 1610. The van der Waals surface area contributed by atoms with Crippen LogP contribution >= 0.6 is 0 Å². The number of allylic oxidation sites excluding steroid dienone is 1. The molecule has 2 spiro atoms. The first-order valence-electron chi connectivity index (χ1n) is 15.7. The van der Waals surface area contributed by atoms with Gasteiger partial charge in [-0.3, -0.25) is 4.79 Å². The third-order valence-corrected chi connectivity index (χ3v) is 13.6. The predicted molar refractivity (Wildman–Crippen MR) is 149 cm³/mol. The second kappa shape index (κ2) is 8.17. The maximum atomic E-state index is 14.2. The highest BCUT2D eigenvalue weighted by Crippen LogP contribution is 2.89. The van der Waals surface area contributed by atoms with E-state index in [0.29, 0.717) is 0 Å². The molecule has 14 heteroatoms. The van der Waals surface area contributed by atoms with E-state index in [0.717, 1.165) is 0 Å². The third-order valence-electron chi connectivity index (χ3n) is 13.6. The summed E-state index contributed by atoms with van der Waals surface area (Å²) in [4.78, 5) is 26.6. The molecule has 4 heterocycles. The molecule has 7 N–H and O–H groups in total. The van der Waals surface area contributed by atoms with Gasteiger partial charge in [-0.1, -0.05) is 34.6 Å². The van der Waals surface area contributed by atoms with Crippen molar-refractivity contribution in [3.8, 4) is 0 Å². The molecule has 4 saturated carbocycles. The molecule has 3 aliphatic heterocycles. The van der Waals surface area contributed by atoms with E-state index in [-0.39, 0.29) is 17.6 Å². The lowest BCUT2D eigenvalue weighted by molar-refractivity contribution is -0.491. The van der Waals surface area contributed by atoms with Crippen molar-refractivity contribution in [3.63, 3.8) is 0 Å².